The van der Waals surface area contributed by atoms with Gasteiger partial charge < -0.3 is 5.73 Å². The maximum absolute atomic E-state index is 12.3. The van der Waals surface area contributed by atoms with E-state index in [1.54, 1.807) is 6.07 Å². The summed E-state index contributed by atoms with van der Waals surface area (Å²) in [5.41, 5.74) is 7.89. The Morgan fingerprint density at radius 2 is 1.95 bits per heavy atom. The lowest BCUT2D eigenvalue weighted by atomic mass is 10.0. The highest BCUT2D eigenvalue weighted by Crippen LogP contribution is 2.16. The summed E-state index contributed by atoms with van der Waals surface area (Å²) in [7, 11) is -3.66. The highest BCUT2D eigenvalue weighted by molar-refractivity contribution is 7.89. The van der Waals surface area contributed by atoms with Crippen molar-refractivity contribution in [3.05, 3.63) is 53.7 Å². The van der Waals surface area contributed by atoms with E-state index in [1.807, 2.05) is 38.1 Å². The molecule has 1 heterocycles. The van der Waals surface area contributed by atoms with Crippen LogP contribution in [-0.4, -0.2) is 19.4 Å². The number of nitrogen functional groups attached to an aromatic ring is 1. The molecule has 5 nitrogen and oxygen atoms in total. The predicted octanol–water partition coefficient (Wildman–Crippen LogP) is 1.88. The molecule has 0 saturated carbocycles. The molecule has 0 radical (unpaired) electrons. The lowest BCUT2D eigenvalue weighted by molar-refractivity contribution is 0.559. The van der Waals surface area contributed by atoms with E-state index in [2.05, 4.69) is 9.71 Å². The first kappa shape index (κ1) is 15.5. The molecule has 1 aromatic heterocycles. The average Bonchev–Trinajstić information content (AvgIpc) is 2.41. The van der Waals surface area contributed by atoms with Gasteiger partial charge in [-0.05, 0) is 43.5 Å². The molecule has 1 atom stereocenters. The van der Waals surface area contributed by atoms with E-state index >= 15 is 0 Å². The number of benzene rings is 1. The Morgan fingerprint density at radius 3 is 2.62 bits per heavy atom. The van der Waals surface area contributed by atoms with Gasteiger partial charge in [-0.25, -0.2) is 18.1 Å². The summed E-state index contributed by atoms with van der Waals surface area (Å²) in [6.45, 7) is 3.84. The van der Waals surface area contributed by atoms with Crippen LogP contribution in [0.2, 0.25) is 0 Å². The molecule has 0 saturated heterocycles. The first-order chi connectivity index (χ1) is 9.90. The maximum atomic E-state index is 12.3. The van der Waals surface area contributed by atoms with Gasteiger partial charge in [0.15, 0.2) is 0 Å². The zero-order valence-electron chi connectivity index (χ0n) is 12.1. The van der Waals surface area contributed by atoms with E-state index < -0.39 is 10.0 Å². The van der Waals surface area contributed by atoms with Crippen LogP contribution in [-0.2, 0) is 16.4 Å². The normalized spacial score (nSPS) is 13.0. The summed E-state index contributed by atoms with van der Waals surface area (Å²) in [4.78, 5) is 3.82. The van der Waals surface area contributed by atoms with Gasteiger partial charge >= 0.3 is 0 Å². The van der Waals surface area contributed by atoms with E-state index in [9.17, 15) is 8.42 Å². The van der Waals surface area contributed by atoms with Crippen LogP contribution < -0.4 is 10.5 Å². The van der Waals surface area contributed by atoms with E-state index in [1.165, 1.54) is 12.3 Å². The summed E-state index contributed by atoms with van der Waals surface area (Å²) in [5, 5.41) is 0. The molecule has 0 amide bonds. The highest BCUT2D eigenvalue weighted by atomic mass is 32.2. The number of nitrogens with zero attached hydrogens (tertiary/aromatic N) is 1. The third-order valence-corrected chi connectivity index (χ3v) is 4.87. The Labute approximate surface area is 125 Å². The van der Waals surface area contributed by atoms with Crippen LogP contribution in [0.1, 0.15) is 18.1 Å². The smallest absolute Gasteiger partial charge is 0.244 e. The summed E-state index contributed by atoms with van der Waals surface area (Å²) in [5.74, 6) is 0.00749. The number of nitrogens with one attached hydrogen (secondary N) is 1. The molecule has 3 N–H and O–H groups in total. The zero-order chi connectivity index (χ0) is 15.5. The lowest BCUT2D eigenvalue weighted by Gasteiger charge is -2.16. The third-order valence-electron chi connectivity index (χ3n) is 3.23. The number of nitrogens with two attached hydrogens (primary N) is 1. The Kier molecular flexibility index (Phi) is 4.59. The van der Waals surface area contributed by atoms with Crippen molar-refractivity contribution in [2.24, 2.45) is 0 Å². The molecule has 0 bridgehead atoms. The second-order valence-corrected chi connectivity index (χ2v) is 6.72. The van der Waals surface area contributed by atoms with Gasteiger partial charge in [0.2, 0.25) is 10.0 Å². The Bertz CT molecular complexity index is 729. The third kappa shape index (κ3) is 3.80. The second kappa shape index (κ2) is 6.24. The predicted molar refractivity (Wildman–Crippen MR) is 83.3 cm³/mol. The number of aromatic nitrogens is 1. The van der Waals surface area contributed by atoms with Gasteiger partial charge in [-0.3, -0.25) is 0 Å². The van der Waals surface area contributed by atoms with Crippen LogP contribution in [0.5, 0.6) is 0 Å². The van der Waals surface area contributed by atoms with Gasteiger partial charge in [0.1, 0.15) is 10.7 Å². The first-order valence-corrected chi connectivity index (χ1v) is 8.16. The molecule has 21 heavy (non-hydrogen) atoms. The number of pyridine rings is 1. The Morgan fingerprint density at radius 1 is 1.24 bits per heavy atom. The van der Waals surface area contributed by atoms with Crippen molar-refractivity contribution in [3.8, 4) is 0 Å². The summed E-state index contributed by atoms with van der Waals surface area (Å²) < 4.78 is 27.3. The van der Waals surface area contributed by atoms with E-state index in [0.717, 1.165) is 11.1 Å². The van der Waals surface area contributed by atoms with Crippen molar-refractivity contribution in [2.75, 3.05) is 5.73 Å². The van der Waals surface area contributed by atoms with Gasteiger partial charge in [-0.15, -0.1) is 0 Å². The molecular weight excluding hydrogens is 286 g/mol. The van der Waals surface area contributed by atoms with Crippen LogP contribution in [0, 0.1) is 6.92 Å². The number of sulfonamides is 1. The van der Waals surface area contributed by atoms with Gasteiger partial charge in [0.25, 0.3) is 0 Å². The summed E-state index contributed by atoms with van der Waals surface area (Å²) >= 11 is 0. The van der Waals surface area contributed by atoms with Gasteiger partial charge in [-0.2, -0.15) is 0 Å². The molecule has 0 aliphatic heterocycles. The standard InChI is InChI=1S/C15H19N3O2S/c1-11-6-3-4-7-13(11)10-12(2)18-21(19,20)14-8-5-9-17-15(14)16/h3-9,12,18H,10H2,1-2H3,(H2,16,17). The molecular formula is C15H19N3O2S. The van der Waals surface area contributed by atoms with Crippen LogP contribution in [0.25, 0.3) is 0 Å². The van der Waals surface area contributed by atoms with Crippen LogP contribution >= 0.6 is 0 Å². The number of aryl methyl sites for hydroxylation is 1. The molecule has 0 fully saturated rings. The van der Waals surface area contributed by atoms with E-state index in [0.29, 0.717) is 6.42 Å². The fourth-order valence-corrected chi connectivity index (χ4v) is 3.49. The molecule has 2 aromatic rings. The Balaban J connectivity index is 2.14. The van der Waals surface area contributed by atoms with Gasteiger partial charge in [-0.1, -0.05) is 24.3 Å². The topological polar surface area (TPSA) is 85.1 Å². The zero-order valence-corrected chi connectivity index (χ0v) is 12.9. The Hall–Kier alpha value is -1.92. The minimum atomic E-state index is -3.66. The van der Waals surface area contributed by atoms with Crippen molar-refractivity contribution in [1.29, 1.82) is 0 Å². The first-order valence-electron chi connectivity index (χ1n) is 6.67. The van der Waals surface area contributed by atoms with Crippen molar-refractivity contribution < 1.29 is 8.42 Å². The van der Waals surface area contributed by atoms with Crippen LogP contribution in [0.15, 0.2) is 47.5 Å². The minimum absolute atomic E-state index is 0.00749. The number of hydrogen-bond donors (Lipinski definition) is 2. The molecule has 6 heteroatoms. The van der Waals surface area contributed by atoms with Crippen molar-refractivity contribution >= 4 is 15.8 Å². The van der Waals surface area contributed by atoms with Gasteiger partial charge in [0.05, 0.1) is 0 Å². The fraction of sp³-hybridized carbons (Fsp3) is 0.267. The van der Waals surface area contributed by atoms with E-state index in [-0.39, 0.29) is 16.8 Å². The van der Waals surface area contributed by atoms with Crippen LogP contribution in [0.3, 0.4) is 0 Å². The van der Waals surface area contributed by atoms with Crippen molar-refractivity contribution in [3.63, 3.8) is 0 Å². The minimum Gasteiger partial charge on any atom is -0.383 e. The van der Waals surface area contributed by atoms with Crippen molar-refractivity contribution in [2.45, 2.75) is 31.2 Å². The van der Waals surface area contributed by atoms with Crippen LogP contribution in [0.4, 0.5) is 5.82 Å². The van der Waals surface area contributed by atoms with Gasteiger partial charge in [0, 0.05) is 12.2 Å². The molecule has 1 unspecified atom stereocenters. The number of anilines is 1. The average molecular weight is 305 g/mol. The quantitative estimate of drug-likeness (QED) is 0.883. The highest BCUT2D eigenvalue weighted by Gasteiger charge is 2.20. The van der Waals surface area contributed by atoms with E-state index in [4.69, 9.17) is 5.73 Å². The molecule has 0 spiro atoms. The molecule has 2 rings (SSSR count). The summed E-state index contributed by atoms with van der Waals surface area (Å²) in [6, 6.07) is 10.7. The van der Waals surface area contributed by atoms with Crippen molar-refractivity contribution in [1.82, 2.24) is 9.71 Å². The molecule has 1 aromatic carbocycles. The SMILES string of the molecule is Cc1ccccc1CC(C)NS(=O)(=O)c1cccnc1N. The number of rotatable bonds is 5. The molecule has 0 aliphatic rings. The monoisotopic (exact) mass is 305 g/mol. The summed E-state index contributed by atoms with van der Waals surface area (Å²) in [6.07, 6.45) is 2.08. The number of hydrogen-bond acceptors (Lipinski definition) is 4. The molecule has 0 aliphatic carbocycles. The fourth-order valence-electron chi connectivity index (χ4n) is 2.17. The molecule has 112 valence electrons. The lowest BCUT2D eigenvalue weighted by Crippen LogP contribution is -2.34. The second-order valence-electron chi connectivity index (χ2n) is 5.04. The largest absolute Gasteiger partial charge is 0.383 e. The maximum Gasteiger partial charge on any atom is 0.244 e.